The summed E-state index contributed by atoms with van der Waals surface area (Å²) in [7, 11) is 1.64. The Morgan fingerprint density at radius 2 is 1.91 bits per heavy atom. The molecular formula is C19H22ClNO2. The fraction of sp³-hybridized carbons (Fsp3) is 0.316. The maximum atomic E-state index is 12.1. The van der Waals surface area contributed by atoms with Gasteiger partial charge in [0.1, 0.15) is 5.60 Å². The number of nitrogens with one attached hydrogen (secondary N) is 1. The predicted octanol–water partition coefficient (Wildman–Crippen LogP) is 3.95. The Morgan fingerprint density at radius 3 is 2.57 bits per heavy atom. The van der Waals surface area contributed by atoms with Crippen LogP contribution in [0.15, 0.2) is 54.6 Å². The molecule has 0 radical (unpaired) electrons. The third-order valence-corrected chi connectivity index (χ3v) is 4.23. The van der Waals surface area contributed by atoms with Crippen LogP contribution >= 0.6 is 11.6 Å². The largest absolute Gasteiger partial charge is 0.372 e. The highest BCUT2D eigenvalue weighted by molar-refractivity contribution is 6.30. The Morgan fingerprint density at radius 1 is 1.17 bits per heavy atom. The second kappa shape index (κ2) is 8.14. The van der Waals surface area contributed by atoms with Gasteiger partial charge in [-0.2, -0.15) is 0 Å². The number of carbonyl (C=O) groups is 1. The molecule has 122 valence electrons. The minimum atomic E-state index is -0.604. The van der Waals surface area contributed by atoms with Gasteiger partial charge in [-0.15, -0.1) is 0 Å². The zero-order valence-electron chi connectivity index (χ0n) is 13.5. The highest BCUT2D eigenvalue weighted by Crippen LogP contribution is 2.26. The lowest BCUT2D eigenvalue weighted by Gasteiger charge is -2.29. The quantitative estimate of drug-likeness (QED) is 0.834. The monoisotopic (exact) mass is 331 g/mol. The van der Waals surface area contributed by atoms with Crippen molar-refractivity contribution in [1.29, 1.82) is 0 Å². The van der Waals surface area contributed by atoms with E-state index in [-0.39, 0.29) is 5.91 Å². The topological polar surface area (TPSA) is 38.3 Å². The molecule has 0 aliphatic rings. The van der Waals surface area contributed by atoms with Crippen molar-refractivity contribution in [3.05, 3.63) is 70.7 Å². The number of carbonyl (C=O) groups excluding carboxylic acids is 1. The minimum Gasteiger partial charge on any atom is -0.372 e. The molecule has 2 aromatic carbocycles. The van der Waals surface area contributed by atoms with Crippen LogP contribution in [0.25, 0.3) is 0 Å². The number of aryl methyl sites for hydroxylation is 1. The first-order valence-corrected chi connectivity index (χ1v) is 8.03. The molecule has 0 bridgehead atoms. The van der Waals surface area contributed by atoms with E-state index in [1.54, 1.807) is 7.11 Å². The second-order valence-corrected chi connectivity index (χ2v) is 6.14. The van der Waals surface area contributed by atoms with Crippen molar-refractivity contribution in [2.75, 3.05) is 13.7 Å². The number of hydrogen-bond donors (Lipinski definition) is 1. The van der Waals surface area contributed by atoms with Crippen molar-refractivity contribution in [1.82, 2.24) is 5.32 Å². The molecule has 3 nitrogen and oxygen atoms in total. The van der Waals surface area contributed by atoms with Crippen molar-refractivity contribution < 1.29 is 9.53 Å². The zero-order valence-corrected chi connectivity index (χ0v) is 14.3. The minimum absolute atomic E-state index is 0.0131. The molecule has 2 rings (SSSR count). The summed E-state index contributed by atoms with van der Waals surface area (Å²) in [5.41, 5.74) is 1.50. The van der Waals surface area contributed by atoms with Crippen molar-refractivity contribution in [3.63, 3.8) is 0 Å². The van der Waals surface area contributed by atoms with E-state index in [0.29, 0.717) is 18.0 Å². The molecule has 0 spiro atoms. The van der Waals surface area contributed by atoms with Crippen molar-refractivity contribution in [2.45, 2.75) is 25.4 Å². The van der Waals surface area contributed by atoms with Crippen molar-refractivity contribution in [3.8, 4) is 0 Å². The Labute approximate surface area is 142 Å². The van der Waals surface area contributed by atoms with Crippen LogP contribution in [0.4, 0.5) is 0 Å². The second-order valence-electron chi connectivity index (χ2n) is 5.71. The van der Waals surface area contributed by atoms with E-state index in [4.69, 9.17) is 16.3 Å². The van der Waals surface area contributed by atoms with Gasteiger partial charge in [0.15, 0.2) is 0 Å². The lowest BCUT2D eigenvalue weighted by molar-refractivity contribution is -0.122. The van der Waals surface area contributed by atoms with E-state index in [9.17, 15) is 4.79 Å². The molecule has 23 heavy (non-hydrogen) atoms. The molecule has 0 heterocycles. The fourth-order valence-electron chi connectivity index (χ4n) is 2.37. The Balaban J connectivity index is 1.90. The Hall–Kier alpha value is -1.84. The van der Waals surface area contributed by atoms with Gasteiger partial charge < -0.3 is 10.1 Å². The molecular weight excluding hydrogens is 310 g/mol. The van der Waals surface area contributed by atoms with Gasteiger partial charge in [0.25, 0.3) is 0 Å². The standard InChI is InChI=1S/C19H22ClNO2/c1-19(23-2,16-9-6-10-17(20)13-16)14-21-18(22)12-11-15-7-4-3-5-8-15/h3-10,13H,11-12,14H2,1-2H3,(H,21,22). The Kier molecular flexibility index (Phi) is 6.20. The van der Waals surface area contributed by atoms with E-state index in [1.165, 1.54) is 0 Å². The van der Waals surface area contributed by atoms with Crippen LogP contribution in [-0.4, -0.2) is 19.6 Å². The van der Waals surface area contributed by atoms with Gasteiger partial charge in [-0.25, -0.2) is 0 Å². The molecule has 1 atom stereocenters. The van der Waals surface area contributed by atoms with Gasteiger partial charge in [-0.3, -0.25) is 4.79 Å². The summed E-state index contributed by atoms with van der Waals surface area (Å²) in [6, 6.07) is 17.5. The van der Waals surface area contributed by atoms with E-state index in [0.717, 1.165) is 17.5 Å². The molecule has 0 aliphatic heterocycles. The van der Waals surface area contributed by atoms with Crippen LogP contribution in [0.5, 0.6) is 0 Å². The van der Waals surface area contributed by atoms with Gasteiger partial charge in [0.05, 0.1) is 6.54 Å². The Bertz CT molecular complexity index is 645. The summed E-state index contributed by atoms with van der Waals surface area (Å²) in [6.45, 7) is 2.34. The number of halogens is 1. The average Bonchev–Trinajstić information content (AvgIpc) is 2.58. The van der Waals surface area contributed by atoms with E-state index < -0.39 is 5.60 Å². The summed E-state index contributed by atoms with van der Waals surface area (Å²) in [5.74, 6) is 0.0131. The van der Waals surface area contributed by atoms with Crippen LogP contribution in [0.2, 0.25) is 5.02 Å². The number of hydrogen-bond acceptors (Lipinski definition) is 2. The first-order chi connectivity index (χ1) is 11.0. The summed E-state index contributed by atoms with van der Waals surface area (Å²) < 4.78 is 5.62. The molecule has 4 heteroatoms. The normalized spacial score (nSPS) is 13.3. The van der Waals surface area contributed by atoms with Gasteiger partial charge in [-0.1, -0.05) is 54.1 Å². The van der Waals surface area contributed by atoms with Gasteiger partial charge in [0, 0.05) is 18.6 Å². The maximum absolute atomic E-state index is 12.1. The first-order valence-electron chi connectivity index (χ1n) is 7.65. The van der Waals surface area contributed by atoms with Crippen LogP contribution in [-0.2, 0) is 21.6 Å². The van der Waals surface area contributed by atoms with Gasteiger partial charge in [-0.05, 0) is 36.6 Å². The molecule has 1 N–H and O–H groups in total. The van der Waals surface area contributed by atoms with Crippen molar-refractivity contribution >= 4 is 17.5 Å². The number of benzene rings is 2. The number of methoxy groups -OCH3 is 1. The predicted molar refractivity (Wildman–Crippen MR) is 93.6 cm³/mol. The summed E-state index contributed by atoms with van der Waals surface area (Å²) >= 11 is 6.05. The zero-order chi connectivity index (χ0) is 16.7. The van der Waals surface area contributed by atoms with E-state index in [1.807, 2.05) is 61.5 Å². The molecule has 0 aliphatic carbocycles. The average molecular weight is 332 g/mol. The van der Waals surface area contributed by atoms with E-state index >= 15 is 0 Å². The summed E-state index contributed by atoms with van der Waals surface area (Å²) in [5, 5.41) is 3.61. The third-order valence-electron chi connectivity index (χ3n) is 3.99. The van der Waals surface area contributed by atoms with Crippen LogP contribution < -0.4 is 5.32 Å². The molecule has 0 fully saturated rings. The fourth-order valence-corrected chi connectivity index (χ4v) is 2.56. The van der Waals surface area contributed by atoms with Crippen LogP contribution in [0.3, 0.4) is 0 Å². The highest BCUT2D eigenvalue weighted by atomic mass is 35.5. The SMILES string of the molecule is COC(C)(CNC(=O)CCc1ccccc1)c1cccc(Cl)c1. The summed E-state index contributed by atoms with van der Waals surface area (Å²) in [6.07, 6.45) is 1.19. The van der Waals surface area contributed by atoms with Gasteiger partial charge in [0.2, 0.25) is 5.91 Å². The van der Waals surface area contributed by atoms with Crippen LogP contribution in [0.1, 0.15) is 24.5 Å². The first kappa shape index (κ1) is 17.5. The molecule has 1 amide bonds. The van der Waals surface area contributed by atoms with Crippen molar-refractivity contribution in [2.24, 2.45) is 0 Å². The molecule has 1 unspecified atom stereocenters. The molecule has 0 saturated carbocycles. The van der Waals surface area contributed by atoms with Crippen LogP contribution in [0, 0.1) is 0 Å². The molecule has 0 aromatic heterocycles. The highest BCUT2D eigenvalue weighted by Gasteiger charge is 2.27. The molecule has 2 aromatic rings. The third kappa shape index (κ3) is 5.08. The lowest BCUT2D eigenvalue weighted by Crippen LogP contribution is -2.40. The maximum Gasteiger partial charge on any atom is 0.220 e. The smallest absolute Gasteiger partial charge is 0.220 e. The molecule has 0 saturated heterocycles. The number of rotatable bonds is 7. The van der Waals surface area contributed by atoms with E-state index in [2.05, 4.69) is 5.32 Å². The lowest BCUT2D eigenvalue weighted by atomic mass is 9.95. The summed E-state index contributed by atoms with van der Waals surface area (Å²) in [4.78, 5) is 12.1. The van der Waals surface area contributed by atoms with Gasteiger partial charge >= 0.3 is 0 Å². The number of ether oxygens (including phenoxy) is 1. The number of amides is 1.